The molecule has 0 atom stereocenters. The second kappa shape index (κ2) is 6.03. The molecule has 2 aromatic rings. The highest BCUT2D eigenvalue weighted by Crippen LogP contribution is 2.34. The fourth-order valence-corrected chi connectivity index (χ4v) is 2.11. The summed E-state index contributed by atoms with van der Waals surface area (Å²) in [5, 5.41) is 3.02. The van der Waals surface area contributed by atoms with Crippen LogP contribution in [-0.2, 0) is 0 Å². The highest BCUT2D eigenvalue weighted by molar-refractivity contribution is 7.99. The number of nitrogens with one attached hydrogen (secondary N) is 1. The zero-order chi connectivity index (χ0) is 13.8. The summed E-state index contributed by atoms with van der Waals surface area (Å²) in [4.78, 5) is 8.04. The van der Waals surface area contributed by atoms with Crippen LogP contribution in [0.2, 0.25) is 5.02 Å². The number of halogens is 3. The van der Waals surface area contributed by atoms with E-state index >= 15 is 0 Å². The lowest BCUT2D eigenvalue weighted by Crippen LogP contribution is -2.00. The minimum absolute atomic E-state index is 0.123. The Bertz CT molecular complexity index is 582. The van der Waals surface area contributed by atoms with Gasteiger partial charge < -0.3 is 11.1 Å². The molecule has 19 heavy (non-hydrogen) atoms. The van der Waals surface area contributed by atoms with Crippen molar-refractivity contribution in [2.75, 3.05) is 11.1 Å². The zero-order valence-corrected chi connectivity index (χ0v) is 11.1. The number of alkyl halides is 2. The molecule has 0 aliphatic carbocycles. The smallest absolute Gasteiger partial charge is 0.288 e. The van der Waals surface area contributed by atoms with Crippen molar-refractivity contribution in [3.8, 4) is 0 Å². The largest absolute Gasteiger partial charge is 0.382 e. The molecule has 0 saturated heterocycles. The van der Waals surface area contributed by atoms with Gasteiger partial charge in [0, 0.05) is 4.90 Å². The van der Waals surface area contributed by atoms with Gasteiger partial charge in [0.2, 0.25) is 0 Å². The molecule has 0 aliphatic heterocycles. The van der Waals surface area contributed by atoms with Crippen molar-refractivity contribution in [1.82, 2.24) is 9.97 Å². The van der Waals surface area contributed by atoms with Gasteiger partial charge in [0.15, 0.2) is 5.82 Å². The molecule has 0 amide bonds. The lowest BCUT2D eigenvalue weighted by atomic mass is 10.3. The maximum absolute atomic E-state index is 12.4. The van der Waals surface area contributed by atoms with Crippen molar-refractivity contribution in [3.05, 3.63) is 35.6 Å². The van der Waals surface area contributed by atoms with Crippen molar-refractivity contribution in [2.24, 2.45) is 0 Å². The Labute approximate surface area is 117 Å². The van der Waals surface area contributed by atoms with E-state index in [2.05, 4.69) is 15.3 Å². The van der Waals surface area contributed by atoms with Gasteiger partial charge in [-0.25, -0.2) is 9.97 Å². The quantitative estimate of drug-likeness (QED) is 0.842. The Morgan fingerprint density at radius 2 is 2.00 bits per heavy atom. The van der Waals surface area contributed by atoms with E-state index in [0.717, 1.165) is 0 Å². The van der Waals surface area contributed by atoms with E-state index in [1.807, 2.05) is 0 Å². The molecule has 0 saturated carbocycles. The molecule has 0 radical (unpaired) electrons. The van der Waals surface area contributed by atoms with Crippen LogP contribution in [0.15, 0.2) is 35.5 Å². The third-order valence-electron chi connectivity index (χ3n) is 2.17. The second-order valence-corrected chi connectivity index (χ2v) is 4.83. The van der Waals surface area contributed by atoms with E-state index in [0.29, 0.717) is 22.3 Å². The molecule has 0 unspecified atom stereocenters. The Morgan fingerprint density at radius 3 is 2.74 bits per heavy atom. The summed E-state index contributed by atoms with van der Waals surface area (Å²) < 4.78 is 24.9. The first kappa shape index (κ1) is 13.8. The van der Waals surface area contributed by atoms with Crippen LogP contribution < -0.4 is 11.1 Å². The van der Waals surface area contributed by atoms with E-state index in [9.17, 15) is 8.78 Å². The minimum atomic E-state index is -2.51. The first-order valence-corrected chi connectivity index (χ1v) is 6.40. The number of thioether (sulfide) groups is 1. The number of benzene rings is 1. The summed E-state index contributed by atoms with van der Waals surface area (Å²) in [5.74, 6) is -2.11. The van der Waals surface area contributed by atoms with Gasteiger partial charge in [-0.05, 0) is 12.1 Å². The van der Waals surface area contributed by atoms with Gasteiger partial charge in [-0.15, -0.1) is 0 Å². The first-order valence-electron chi connectivity index (χ1n) is 5.14. The van der Waals surface area contributed by atoms with Gasteiger partial charge in [-0.3, -0.25) is 0 Å². The molecule has 0 aliphatic rings. The Balaban J connectivity index is 2.30. The van der Waals surface area contributed by atoms with Crippen LogP contribution in [-0.4, -0.2) is 15.7 Å². The molecule has 3 N–H and O–H groups in total. The normalized spacial score (nSPS) is 10.7. The summed E-state index contributed by atoms with van der Waals surface area (Å²) in [6.45, 7) is 0. The van der Waals surface area contributed by atoms with E-state index in [4.69, 9.17) is 17.3 Å². The third-order valence-corrected chi connectivity index (χ3v) is 3.33. The van der Waals surface area contributed by atoms with E-state index < -0.39 is 5.76 Å². The van der Waals surface area contributed by atoms with E-state index in [1.54, 1.807) is 24.3 Å². The van der Waals surface area contributed by atoms with Crippen LogP contribution in [0.4, 0.5) is 26.1 Å². The summed E-state index contributed by atoms with van der Waals surface area (Å²) in [5.41, 5.74) is 6.02. The van der Waals surface area contributed by atoms with E-state index in [1.165, 1.54) is 6.33 Å². The molecule has 1 aromatic heterocycles. The minimum Gasteiger partial charge on any atom is -0.382 e. The molecule has 0 spiro atoms. The summed E-state index contributed by atoms with van der Waals surface area (Å²) in [6, 6.07) is 6.62. The number of anilines is 3. The van der Waals surface area contributed by atoms with Crippen LogP contribution in [0, 0.1) is 0 Å². The standard InChI is InChI=1S/C11H9ClF2N4S/c12-8-9(15)16-5-17-10(8)18-6-3-1-2-4-7(6)19-11(13)14/h1-5,11H,(H3,15,16,17,18). The van der Waals surface area contributed by atoms with Crippen molar-refractivity contribution in [2.45, 2.75) is 10.7 Å². The third kappa shape index (κ3) is 3.45. The van der Waals surface area contributed by atoms with Gasteiger partial charge in [-0.1, -0.05) is 35.5 Å². The molecule has 1 aromatic carbocycles. The maximum Gasteiger partial charge on any atom is 0.288 e. The highest BCUT2D eigenvalue weighted by atomic mass is 35.5. The topological polar surface area (TPSA) is 63.8 Å². The Morgan fingerprint density at radius 1 is 1.26 bits per heavy atom. The number of nitrogen functional groups attached to an aromatic ring is 1. The van der Waals surface area contributed by atoms with Gasteiger partial charge in [0.25, 0.3) is 5.76 Å². The van der Waals surface area contributed by atoms with Gasteiger partial charge in [-0.2, -0.15) is 8.78 Å². The lowest BCUT2D eigenvalue weighted by molar-refractivity contribution is 0.252. The fourth-order valence-electron chi connectivity index (χ4n) is 1.37. The molecule has 0 fully saturated rings. The predicted octanol–water partition coefficient (Wildman–Crippen LogP) is 3.77. The highest BCUT2D eigenvalue weighted by Gasteiger charge is 2.12. The second-order valence-electron chi connectivity index (χ2n) is 3.42. The van der Waals surface area contributed by atoms with Gasteiger partial charge in [0.1, 0.15) is 17.2 Å². The molecule has 8 heteroatoms. The van der Waals surface area contributed by atoms with Crippen LogP contribution in [0.5, 0.6) is 0 Å². The number of nitrogens with two attached hydrogens (primary N) is 1. The molecule has 0 bridgehead atoms. The number of rotatable bonds is 4. The number of hydrogen-bond acceptors (Lipinski definition) is 5. The molecular formula is C11H9ClF2N4S. The number of hydrogen-bond donors (Lipinski definition) is 2. The maximum atomic E-state index is 12.4. The molecule has 1 heterocycles. The Hall–Kier alpha value is -1.60. The van der Waals surface area contributed by atoms with Crippen LogP contribution >= 0.6 is 23.4 Å². The average Bonchev–Trinajstić information content (AvgIpc) is 2.36. The van der Waals surface area contributed by atoms with Gasteiger partial charge in [0.05, 0.1) is 5.69 Å². The Kier molecular flexibility index (Phi) is 4.39. The summed E-state index contributed by atoms with van der Waals surface area (Å²) in [7, 11) is 0. The molecule has 2 rings (SSSR count). The first-order chi connectivity index (χ1) is 9.08. The molecular weight excluding hydrogens is 294 g/mol. The van der Waals surface area contributed by atoms with E-state index in [-0.39, 0.29) is 16.7 Å². The predicted molar refractivity (Wildman–Crippen MR) is 73.0 cm³/mol. The SMILES string of the molecule is Nc1ncnc(Nc2ccccc2SC(F)F)c1Cl. The molecule has 100 valence electrons. The zero-order valence-electron chi connectivity index (χ0n) is 9.48. The molecule has 4 nitrogen and oxygen atoms in total. The van der Waals surface area contributed by atoms with Crippen molar-refractivity contribution in [3.63, 3.8) is 0 Å². The number of aromatic nitrogens is 2. The monoisotopic (exact) mass is 302 g/mol. The van der Waals surface area contributed by atoms with Gasteiger partial charge >= 0.3 is 0 Å². The van der Waals surface area contributed by atoms with Crippen molar-refractivity contribution in [1.29, 1.82) is 0 Å². The number of nitrogens with zero attached hydrogens (tertiary/aromatic N) is 2. The van der Waals surface area contributed by atoms with Crippen LogP contribution in [0.1, 0.15) is 0 Å². The van der Waals surface area contributed by atoms with Crippen LogP contribution in [0.3, 0.4) is 0 Å². The van der Waals surface area contributed by atoms with Crippen molar-refractivity contribution >= 4 is 40.7 Å². The average molecular weight is 303 g/mol. The fraction of sp³-hybridized carbons (Fsp3) is 0.0909. The summed E-state index contributed by atoms with van der Waals surface area (Å²) in [6.07, 6.45) is 1.24. The summed E-state index contributed by atoms with van der Waals surface area (Å²) >= 11 is 6.37. The lowest BCUT2D eigenvalue weighted by Gasteiger charge is -2.11. The van der Waals surface area contributed by atoms with Crippen molar-refractivity contribution < 1.29 is 8.78 Å². The van der Waals surface area contributed by atoms with Crippen LogP contribution in [0.25, 0.3) is 0 Å². The number of para-hydroxylation sites is 1.